The zero-order valence-electron chi connectivity index (χ0n) is 24.9. The van der Waals surface area contributed by atoms with Gasteiger partial charge in [0.05, 0.1) is 41.7 Å². The predicted molar refractivity (Wildman–Crippen MR) is 161 cm³/mol. The fraction of sp³-hybridized carbons (Fsp3) is 0.484. The van der Waals surface area contributed by atoms with Crippen LogP contribution >= 0.6 is 0 Å². The highest BCUT2D eigenvalue weighted by molar-refractivity contribution is 7.89. The summed E-state index contributed by atoms with van der Waals surface area (Å²) >= 11 is 0. The van der Waals surface area contributed by atoms with Crippen molar-refractivity contribution in [3.8, 4) is 5.88 Å². The van der Waals surface area contributed by atoms with Crippen molar-refractivity contribution in [2.75, 3.05) is 26.3 Å². The van der Waals surface area contributed by atoms with Crippen LogP contribution in [-0.2, 0) is 30.7 Å². The van der Waals surface area contributed by atoms with Crippen molar-refractivity contribution in [3.05, 3.63) is 59.7 Å². The molecule has 44 heavy (non-hydrogen) atoms. The van der Waals surface area contributed by atoms with Crippen molar-refractivity contribution in [3.63, 3.8) is 0 Å². The number of benzene rings is 2. The number of hydrogen-bond donors (Lipinski definition) is 4. The number of nitrogens with one attached hydrogen (secondary N) is 2. The van der Waals surface area contributed by atoms with Gasteiger partial charge < -0.3 is 34.7 Å². The number of aliphatic hydroxyl groups is 1. The van der Waals surface area contributed by atoms with E-state index in [-0.39, 0.29) is 59.7 Å². The molecular formula is C31H39N3O9S. The largest absolute Gasteiger partial charge is 0.494 e. The van der Waals surface area contributed by atoms with Gasteiger partial charge in [-0.05, 0) is 49.4 Å². The Hall–Kier alpha value is -3.49. The van der Waals surface area contributed by atoms with Crippen LogP contribution in [-0.4, -0.2) is 90.6 Å². The Morgan fingerprint density at radius 1 is 1.14 bits per heavy atom. The molecule has 0 saturated carbocycles. The van der Waals surface area contributed by atoms with Crippen LogP contribution < -0.4 is 5.32 Å². The first kappa shape index (κ1) is 31.9. The average Bonchev–Trinajstić information content (AvgIpc) is 3.67. The monoisotopic (exact) mass is 629 g/mol. The molecule has 3 heterocycles. The Morgan fingerprint density at radius 3 is 2.59 bits per heavy atom. The number of carbonyl (C=O) groups excluding carboxylic acids is 2. The summed E-state index contributed by atoms with van der Waals surface area (Å²) in [5, 5.41) is 24.8. The minimum atomic E-state index is -4.19. The van der Waals surface area contributed by atoms with E-state index in [0.29, 0.717) is 18.5 Å². The molecule has 0 spiro atoms. The van der Waals surface area contributed by atoms with Crippen molar-refractivity contribution in [1.82, 2.24) is 14.6 Å². The average molecular weight is 630 g/mol. The van der Waals surface area contributed by atoms with Crippen LogP contribution in [0.1, 0.15) is 43.1 Å². The number of alkyl carbamates (subject to hydrolysis) is 1. The van der Waals surface area contributed by atoms with Gasteiger partial charge in [-0.15, -0.1) is 0 Å². The Labute approximate surface area is 256 Å². The Morgan fingerprint density at radius 2 is 1.89 bits per heavy atom. The second kappa shape index (κ2) is 13.2. The van der Waals surface area contributed by atoms with Crippen LogP contribution in [0.25, 0.3) is 10.9 Å². The maximum atomic E-state index is 14.0. The Balaban J connectivity index is 1.38. The second-order valence-electron chi connectivity index (χ2n) is 11.8. The lowest BCUT2D eigenvalue weighted by Crippen LogP contribution is -2.51. The molecule has 1 aromatic heterocycles. The lowest BCUT2D eigenvalue weighted by atomic mass is 10.0. The summed E-state index contributed by atoms with van der Waals surface area (Å²) < 4.78 is 45.9. The molecule has 3 aromatic rings. The summed E-state index contributed by atoms with van der Waals surface area (Å²) in [7, 11) is -4.19. The van der Waals surface area contributed by atoms with Crippen LogP contribution in [0.15, 0.2) is 53.4 Å². The summed E-state index contributed by atoms with van der Waals surface area (Å²) in [5.74, 6) is -0.912. The van der Waals surface area contributed by atoms with Gasteiger partial charge in [-0.25, -0.2) is 13.2 Å². The quantitative estimate of drug-likeness (QED) is 0.220. The summed E-state index contributed by atoms with van der Waals surface area (Å²) in [6, 6.07) is 12.6. The summed E-state index contributed by atoms with van der Waals surface area (Å²) in [6.45, 7) is 5.51. The highest BCUT2D eigenvalue weighted by Gasteiger charge is 2.44. The standard InChI is InChI=1S/C31H39N3O9S/c1-18(2)15-34(44(39,40)21-9-10-24-23(14-21)28(19(3)35)29(37)32-24)16-26(36)25(13-20-7-5-4-6-8-20)33-31(38)43-27-17-42-30-22(27)11-12-41-30/h4-10,14,18,22,25-27,30,32,36-37H,11-13,15-17H2,1-3H3,(H,33,38). The number of hydrogen-bond acceptors (Lipinski definition) is 9. The number of fused-ring (bicyclic) bond motifs is 2. The number of ketones is 1. The molecule has 2 aliphatic heterocycles. The first-order chi connectivity index (χ1) is 20.9. The molecule has 2 aliphatic rings. The summed E-state index contributed by atoms with van der Waals surface area (Å²) in [5.41, 5.74) is 1.25. The Kier molecular flexibility index (Phi) is 9.61. The van der Waals surface area contributed by atoms with Gasteiger partial charge >= 0.3 is 6.09 Å². The highest BCUT2D eigenvalue weighted by Crippen LogP contribution is 2.33. The van der Waals surface area contributed by atoms with Crippen LogP contribution in [0.2, 0.25) is 0 Å². The van der Waals surface area contributed by atoms with Crippen LogP contribution in [0.4, 0.5) is 4.79 Å². The van der Waals surface area contributed by atoms with E-state index in [2.05, 4.69) is 10.3 Å². The van der Waals surface area contributed by atoms with Gasteiger partial charge in [0, 0.05) is 24.0 Å². The maximum Gasteiger partial charge on any atom is 0.407 e. The number of nitrogens with zero attached hydrogens (tertiary/aromatic N) is 1. The van der Waals surface area contributed by atoms with E-state index in [4.69, 9.17) is 14.2 Å². The van der Waals surface area contributed by atoms with Gasteiger partial charge in [0.25, 0.3) is 0 Å². The van der Waals surface area contributed by atoms with E-state index in [9.17, 15) is 28.2 Å². The number of carbonyl (C=O) groups is 2. The van der Waals surface area contributed by atoms with Crippen LogP contribution in [0.3, 0.4) is 0 Å². The third kappa shape index (κ3) is 6.92. The molecular weight excluding hydrogens is 590 g/mol. The highest BCUT2D eigenvalue weighted by atomic mass is 32.2. The molecule has 2 fully saturated rings. The van der Waals surface area contributed by atoms with Gasteiger partial charge in [-0.2, -0.15) is 4.31 Å². The fourth-order valence-electron chi connectivity index (χ4n) is 5.86. The van der Waals surface area contributed by atoms with Crippen molar-refractivity contribution in [1.29, 1.82) is 0 Å². The van der Waals surface area contributed by atoms with E-state index in [1.807, 2.05) is 44.2 Å². The molecule has 0 radical (unpaired) electrons. The number of amides is 1. The van der Waals surface area contributed by atoms with Gasteiger partial charge in [0.1, 0.15) is 6.10 Å². The minimum Gasteiger partial charge on any atom is -0.494 e. The van der Waals surface area contributed by atoms with Crippen molar-refractivity contribution in [2.24, 2.45) is 11.8 Å². The van der Waals surface area contributed by atoms with Crippen molar-refractivity contribution in [2.45, 2.75) is 63.0 Å². The Bertz CT molecular complexity index is 1590. The smallest absolute Gasteiger partial charge is 0.407 e. The predicted octanol–water partition coefficient (Wildman–Crippen LogP) is 3.18. The molecule has 238 valence electrons. The number of rotatable bonds is 12. The second-order valence-corrected chi connectivity index (χ2v) is 13.7. The molecule has 0 aliphatic carbocycles. The molecule has 5 rings (SSSR count). The van der Waals surface area contributed by atoms with E-state index in [1.54, 1.807) is 0 Å². The molecule has 4 N–H and O–H groups in total. The lowest BCUT2D eigenvalue weighted by molar-refractivity contribution is -0.0907. The lowest BCUT2D eigenvalue weighted by Gasteiger charge is -2.31. The number of H-pyrrole nitrogens is 1. The number of aromatic nitrogens is 1. The van der Waals surface area contributed by atoms with Crippen LogP contribution in [0, 0.1) is 11.8 Å². The fourth-order valence-corrected chi connectivity index (χ4v) is 7.51. The van der Waals surface area contributed by atoms with Gasteiger partial charge in [0.15, 0.2) is 12.1 Å². The first-order valence-electron chi connectivity index (χ1n) is 14.7. The number of ether oxygens (including phenoxy) is 3. The molecule has 1 amide bonds. The molecule has 2 aromatic carbocycles. The first-order valence-corrected chi connectivity index (χ1v) is 16.2. The SMILES string of the molecule is CC(=O)c1c(O)[nH]c2ccc(S(=O)(=O)N(CC(C)C)CC(O)C(Cc3ccccc3)NC(=O)OC3COC4OCCC34)cc12. The molecule has 13 heteroatoms. The van der Waals surface area contributed by atoms with E-state index >= 15 is 0 Å². The van der Waals surface area contributed by atoms with E-state index < -0.39 is 46.4 Å². The van der Waals surface area contributed by atoms with E-state index in [1.165, 1.54) is 29.4 Å². The van der Waals surface area contributed by atoms with Crippen molar-refractivity contribution >= 4 is 32.8 Å². The van der Waals surface area contributed by atoms with Gasteiger partial charge in [0.2, 0.25) is 15.9 Å². The topological polar surface area (TPSA) is 167 Å². The zero-order valence-corrected chi connectivity index (χ0v) is 25.7. The number of Topliss-reactive ketones (excluding diaryl/α,β-unsaturated/α-hetero) is 1. The third-order valence-corrected chi connectivity index (χ3v) is 9.84. The molecule has 5 unspecified atom stereocenters. The molecule has 12 nitrogen and oxygen atoms in total. The van der Waals surface area contributed by atoms with E-state index in [0.717, 1.165) is 5.56 Å². The summed E-state index contributed by atoms with van der Waals surface area (Å²) in [4.78, 5) is 27.8. The molecule has 5 atom stereocenters. The number of aliphatic hydroxyl groups excluding tert-OH is 1. The number of aromatic amines is 1. The van der Waals surface area contributed by atoms with Gasteiger partial charge in [-0.3, -0.25) is 4.79 Å². The summed E-state index contributed by atoms with van der Waals surface area (Å²) in [6.07, 6.45) is -2.00. The zero-order chi connectivity index (χ0) is 31.6. The minimum absolute atomic E-state index is 0.00119. The third-order valence-electron chi connectivity index (χ3n) is 8.01. The normalized spacial score (nSPS) is 21.5. The number of sulfonamides is 1. The molecule has 0 bridgehead atoms. The van der Waals surface area contributed by atoms with Gasteiger partial charge in [-0.1, -0.05) is 44.2 Å². The van der Waals surface area contributed by atoms with Crippen LogP contribution in [0.5, 0.6) is 5.88 Å². The number of aromatic hydroxyl groups is 1. The maximum absolute atomic E-state index is 14.0. The van der Waals surface area contributed by atoms with Crippen molar-refractivity contribution < 1.29 is 42.4 Å². The molecule has 2 saturated heterocycles.